The molecule has 0 radical (unpaired) electrons. The molecule has 0 heterocycles. The van der Waals surface area contributed by atoms with Crippen molar-refractivity contribution in [2.75, 3.05) is 0 Å². The number of hydrogen-bond donors (Lipinski definition) is 1. The molecule has 1 nitrogen and oxygen atoms in total. The lowest BCUT2D eigenvalue weighted by Crippen LogP contribution is -2.38. The molecule has 6 heteroatoms. The number of rotatable bonds is 1. The Morgan fingerprint density at radius 1 is 1.26 bits per heavy atom. The molecule has 1 fully saturated rings. The van der Waals surface area contributed by atoms with Crippen LogP contribution in [0.5, 0.6) is 0 Å². The van der Waals surface area contributed by atoms with E-state index in [1.165, 1.54) is 6.07 Å². The molecule has 0 spiro atoms. The van der Waals surface area contributed by atoms with Crippen LogP contribution in [0.3, 0.4) is 0 Å². The lowest BCUT2D eigenvalue weighted by atomic mass is 9.74. The van der Waals surface area contributed by atoms with E-state index < -0.39 is 17.7 Å². The van der Waals surface area contributed by atoms with Gasteiger partial charge in [-0.2, -0.15) is 13.2 Å². The van der Waals surface area contributed by atoms with Gasteiger partial charge >= 0.3 is 6.18 Å². The zero-order valence-corrected chi connectivity index (χ0v) is 11.5. The Hall–Kier alpha value is -0.450. The fraction of sp³-hybridized carbons (Fsp3) is 0.538. The van der Waals surface area contributed by atoms with Crippen LogP contribution in [0.2, 0.25) is 10.0 Å². The lowest BCUT2D eigenvalue weighted by molar-refractivity contribution is -0.201. The predicted octanol–water partition coefficient (Wildman–Crippen LogP) is 4.93. The summed E-state index contributed by atoms with van der Waals surface area (Å²) in [6.45, 7) is 0. The van der Waals surface area contributed by atoms with Gasteiger partial charge in [0.15, 0.2) is 0 Å². The normalized spacial score (nSPS) is 28.4. The summed E-state index contributed by atoms with van der Waals surface area (Å²) in [5, 5.41) is 10.9. The van der Waals surface area contributed by atoms with E-state index in [1.807, 2.05) is 0 Å². The Kier molecular flexibility index (Phi) is 4.05. The van der Waals surface area contributed by atoms with Crippen LogP contribution < -0.4 is 0 Å². The minimum absolute atomic E-state index is 0.0456. The highest BCUT2D eigenvalue weighted by Crippen LogP contribution is 2.48. The van der Waals surface area contributed by atoms with Gasteiger partial charge in [-0.15, -0.1) is 0 Å². The molecular weight excluding hydrogens is 300 g/mol. The first-order valence-electron chi connectivity index (χ1n) is 5.97. The highest BCUT2D eigenvalue weighted by atomic mass is 35.5. The largest absolute Gasteiger partial charge is 0.391 e. The fourth-order valence-corrected chi connectivity index (χ4v) is 3.12. The monoisotopic (exact) mass is 312 g/mol. The molecule has 1 aliphatic rings. The van der Waals surface area contributed by atoms with E-state index in [1.54, 1.807) is 12.1 Å². The summed E-state index contributed by atoms with van der Waals surface area (Å²) in [5.74, 6) is -1.50. The molecule has 0 aromatic heterocycles. The minimum Gasteiger partial charge on any atom is -0.385 e. The van der Waals surface area contributed by atoms with Crippen molar-refractivity contribution in [1.29, 1.82) is 0 Å². The van der Waals surface area contributed by atoms with Gasteiger partial charge in [0.05, 0.1) is 21.6 Å². The third-order valence-corrected chi connectivity index (χ3v) is 4.46. The molecule has 106 valence electrons. The van der Waals surface area contributed by atoms with Crippen molar-refractivity contribution in [3.8, 4) is 0 Å². The lowest BCUT2D eigenvalue weighted by Gasteiger charge is -2.38. The third kappa shape index (κ3) is 3.01. The van der Waals surface area contributed by atoms with E-state index in [2.05, 4.69) is 0 Å². The van der Waals surface area contributed by atoms with Crippen LogP contribution in [-0.4, -0.2) is 11.3 Å². The van der Waals surface area contributed by atoms with E-state index in [4.69, 9.17) is 23.2 Å². The Labute approximate surface area is 119 Å². The van der Waals surface area contributed by atoms with E-state index in [0.717, 1.165) is 0 Å². The van der Waals surface area contributed by atoms with Crippen molar-refractivity contribution in [3.63, 3.8) is 0 Å². The van der Waals surface area contributed by atoms with Crippen LogP contribution in [0.15, 0.2) is 18.2 Å². The van der Waals surface area contributed by atoms with Gasteiger partial charge in [-0.05, 0) is 31.7 Å². The van der Waals surface area contributed by atoms with Gasteiger partial charge in [-0.25, -0.2) is 0 Å². The van der Waals surface area contributed by atoms with Crippen LogP contribution in [-0.2, 0) is 5.60 Å². The maximum absolute atomic E-state index is 12.8. The number of benzene rings is 1. The molecule has 0 aliphatic heterocycles. The average Bonchev–Trinajstić information content (AvgIpc) is 2.31. The SMILES string of the molecule is OC1(c2cccc(Cl)c2Cl)CCCC(C(F)(F)F)C1. The Morgan fingerprint density at radius 2 is 1.95 bits per heavy atom. The van der Waals surface area contributed by atoms with Crippen molar-refractivity contribution < 1.29 is 18.3 Å². The van der Waals surface area contributed by atoms with Crippen LogP contribution >= 0.6 is 23.2 Å². The molecule has 1 saturated carbocycles. The highest BCUT2D eigenvalue weighted by Gasteiger charge is 2.48. The van der Waals surface area contributed by atoms with Crippen molar-refractivity contribution in [3.05, 3.63) is 33.8 Å². The molecular formula is C13H13Cl2F3O. The van der Waals surface area contributed by atoms with Crippen LogP contribution in [0, 0.1) is 5.92 Å². The first kappa shape index (κ1) is 14.9. The molecule has 2 atom stereocenters. The molecule has 1 N–H and O–H groups in total. The Morgan fingerprint density at radius 3 is 2.58 bits per heavy atom. The predicted molar refractivity (Wildman–Crippen MR) is 68.4 cm³/mol. The molecule has 2 rings (SSSR count). The molecule has 19 heavy (non-hydrogen) atoms. The molecule has 0 saturated heterocycles. The Balaban J connectivity index is 2.34. The molecule has 0 bridgehead atoms. The number of hydrogen-bond acceptors (Lipinski definition) is 1. The average molecular weight is 313 g/mol. The fourth-order valence-electron chi connectivity index (χ4n) is 2.64. The summed E-state index contributed by atoms with van der Waals surface area (Å²) in [5.41, 5.74) is -1.27. The van der Waals surface area contributed by atoms with Crippen molar-refractivity contribution >= 4 is 23.2 Å². The maximum Gasteiger partial charge on any atom is 0.391 e. The second-order valence-corrected chi connectivity index (χ2v) is 5.75. The van der Waals surface area contributed by atoms with Gasteiger partial charge in [-0.3, -0.25) is 0 Å². The quantitative estimate of drug-likeness (QED) is 0.779. The van der Waals surface area contributed by atoms with Crippen molar-refractivity contribution in [1.82, 2.24) is 0 Å². The minimum atomic E-state index is -4.29. The molecule has 0 amide bonds. The second kappa shape index (κ2) is 5.15. The van der Waals surface area contributed by atoms with Crippen LogP contribution in [0.4, 0.5) is 13.2 Å². The van der Waals surface area contributed by atoms with Gasteiger partial charge in [-0.1, -0.05) is 35.3 Å². The smallest absolute Gasteiger partial charge is 0.385 e. The van der Waals surface area contributed by atoms with E-state index in [0.29, 0.717) is 6.42 Å². The first-order chi connectivity index (χ1) is 8.74. The van der Waals surface area contributed by atoms with Crippen LogP contribution in [0.25, 0.3) is 0 Å². The zero-order valence-electron chi connectivity index (χ0n) is 9.97. The molecule has 1 aliphatic carbocycles. The van der Waals surface area contributed by atoms with Gasteiger partial charge < -0.3 is 5.11 Å². The topological polar surface area (TPSA) is 20.2 Å². The van der Waals surface area contributed by atoms with Crippen LogP contribution in [0.1, 0.15) is 31.2 Å². The third-order valence-electron chi connectivity index (χ3n) is 3.64. The molecule has 2 unspecified atom stereocenters. The van der Waals surface area contributed by atoms with Gasteiger partial charge in [0.1, 0.15) is 0 Å². The summed E-state index contributed by atoms with van der Waals surface area (Å²) in [4.78, 5) is 0. The Bertz CT molecular complexity index is 475. The van der Waals surface area contributed by atoms with E-state index >= 15 is 0 Å². The summed E-state index contributed by atoms with van der Waals surface area (Å²) in [7, 11) is 0. The number of halogens is 5. The summed E-state index contributed by atoms with van der Waals surface area (Å²) < 4.78 is 38.4. The van der Waals surface area contributed by atoms with Gasteiger partial charge in [0.2, 0.25) is 0 Å². The van der Waals surface area contributed by atoms with E-state index in [9.17, 15) is 18.3 Å². The zero-order chi connectivity index (χ0) is 14.3. The van der Waals surface area contributed by atoms with Gasteiger partial charge in [0, 0.05) is 5.56 Å². The second-order valence-electron chi connectivity index (χ2n) is 4.97. The summed E-state index contributed by atoms with van der Waals surface area (Å²) in [6.07, 6.45) is -4.04. The van der Waals surface area contributed by atoms with Crippen molar-refractivity contribution in [2.24, 2.45) is 5.92 Å². The molecule has 1 aromatic carbocycles. The van der Waals surface area contributed by atoms with Crippen molar-refractivity contribution in [2.45, 2.75) is 37.5 Å². The molecule has 1 aromatic rings. The maximum atomic E-state index is 12.8. The van der Waals surface area contributed by atoms with E-state index in [-0.39, 0.29) is 34.9 Å². The first-order valence-corrected chi connectivity index (χ1v) is 6.73. The number of aliphatic hydroxyl groups is 1. The standard InChI is InChI=1S/C13H13Cl2F3O/c14-10-5-1-4-9(11(10)15)12(19)6-2-3-8(7-12)13(16,17)18/h1,4-5,8,19H,2-3,6-7H2. The number of alkyl halides is 3. The summed E-state index contributed by atoms with van der Waals surface area (Å²) >= 11 is 11.9. The van der Waals surface area contributed by atoms with Gasteiger partial charge in [0.25, 0.3) is 0 Å². The highest BCUT2D eigenvalue weighted by molar-refractivity contribution is 6.42. The summed E-state index contributed by atoms with van der Waals surface area (Å²) in [6, 6.07) is 4.66.